The number of allylic oxidation sites excluding steroid dienone is 2. The molecule has 0 unspecified atom stereocenters. The molecule has 0 aliphatic carbocycles. The summed E-state index contributed by atoms with van der Waals surface area (Å²) in [6.07, 6.45) is 4.99. The Hall–Kier alpha value is -7.13. The van der Waals surface area contributed by atoms with Crippen molar-refractivity contribution in [3.05, 3.63) is 76.5 Å². The van der Waals surface area contributed by atoms with Crippen LogP contribution in [0.3, 0.4) is 0 Å². The first kappa shape index (κ1) is 41.0. The summed E-state index contributed by atoms with van der Waals surface area (Å²) in [6, 6.07) is 6.31. The summed E-state index contributed by atoms with van der Waals surface area (Å²) in [4.78, 5) is 67.9. The first-order chi connectivity index (χ1) is 28.9. The van der Waals surface area contributed by atoms with E-state index in [0.717, 1.165) is 13.1 Å². The number of primary amides is 2. The Kier molecular flexibility index (Phi) is 11.9. The third kappa shape index (κ3) is 8.38. The highest BCUT2D eigenvalue weighted by Crippen LogP contribution is 2.32. The molecular formula is C39H47N15O6. The zero-order valence-electron chi connectivity index (χ0n) is 33.8. The van der Waals surface area contributed by atoms with Gasteiger partial charge in [-0.05, 0) is 52.0 Å². The van der Waals surface area contributed by atoms with Crippen LogP contribution in [-0.2, 0) is 30.9 Å². The summed E-state index contributed by atoms with van der Waals surface area (Å²) >= 11 is 0. The monoisotopic (exact) mass is 821 g/mol. The molecule has 1 aromatic carbocycles. The van der Waals surface area contributed by atoms with E-state index in [0.29, 0.717) is 84.5 Å². The summed E-state index contributed by atoms with van der Waals surface area (Å²) in [5, 5.41) is 14.5. The third-order valence-electron chi connectivity index (χ3n) is 10.0. The standard InChI is InChI=1S/C39H47N15O6/c1-5-53-28(17-22(3)48-53)36(57)46-38-44-26-18-24(33(41)55)20-29(60-16-13-50-11-14-59-15-12-50)31(26)51(38)9-7-8-10-52-35-27(19-25(21-43-35)34(42)56)45-39(52)47-37(58)32-30(40)23(4)49-54(32)6-2/h7-8,17-21H,5-6,9-16,40H2,1-4H3,(H2,41,55)(H2,42,56)(H,44,46,57)(H,45,47,58)/b8-7+. The van der Waals surface area contributed by atoms with Gasteiger partial charge in [0, 0.05) is 57.6 Å². The Bertz CT molecular complexity index is 2650. The highest BCUT2D eigenvalue weighted by Gasteiger charge is 2.24. The van der Waals surface area contributed by atoms with Gasteiger partial charge in [-0.3, -0.25) is 48.6 Å². The summed E-state index contributed by atoms with van der Waals surface area (Å²) in [5.41, 5.74) is 21.4. The maximum atomic E-state index is 13.8. The van der Waals surface area contributed by atoms with E-state index in [1.165, 1.54) is 16.9 Å². The Balaban J connectivity index is 1.24. The van der Waals surface area contributed by atoms with Crippen LogP contribution in [0.25, 0.3) is 22.2 Å². The number of pyridine rings is 1. The van der Waals surface area contributed by atoms with E-state index in [-0.39, 0.29) is 47.5 Å². The average molecular weight is 822 g/mol. The number of imidazole rings is 2. The number of carbonyl (C=O) groups excluding carboxylic acids is 4. The number of nitrogens with zero attached hydrogens (tertiary/aromatic N) is 10. The Labute approximate surface area is 343 Å². The molecule has 60 heavy (non-hydrogen) atoms. The molecular weight excluding hydrogens is 775 g/mol. The number of aryl methyl sites for hydroxylation is 4. The lowest BCUT2D eigenvalue weighted by Gasteiger charge is -2.26. The highest BCUT2D eigenvalue weighted by atomic mass is 16.5. The van der Waals surface area contributed by atoms with E-state index in [4.69, 9.17) is 31.7 Å². The number of hydrogen-bond donors (Lipinski definition) is 5. The van der Waals surface area contributed by atoms with Crippen molar-refractivity contribution in [2.45, 2.75) is 53.9 Å². The van der Waals surface area contributed by atoms with Crippen LogP contribution in [0.15, 0.2) is 42.6 Å². The smallest absolute Gasteiger partial charge is 0.278 e. The minimum absolute atomic E-state index is 0.133. The first-order valence-corrected chi connectivity index (χ1v) is 19.4. The van der Waals surface area contributed by atoms with Crippen LogP contribution in [0.5, 0.6) is 5.75 Å². The number of carbonyl (C=O) groups is 4. The van der Waals surface area contributed by atoms with E-state index in [1.54, 1.807) is 45.9 Å². The van der Waals surface area contributed by atoms with Gasteiger partial charge >= 0.3 is 0 Å². The number of nitrogen functional groups attached to an aromatic ring is 1. The minimum atomic E-state index is -0.684. The largest absolute Gasteiger partial charge is 0.490 e. The van der Waals surface area contributed by atoms with Crippen molar-refractivity contribution in [2.75, 3.05) is 55.8 Å². The number of amides is 4. The van der Waals surface area contributed by atoms with Gasteiger partial charge in [-0.15, -0.1) is 0 Å². The van der Waals surface area contributed by atoms with Gasteiger partial charge in [0.05, 0.1) is 41.4 Å². The van der Waals surface area contributed by atoms with Crippen LogP contribution < -0.4 is 32.6 Å². The molecule has 21 heteroatoms. The number of nitrogens with two attached hydrogens (primary N) is 3. The van der Waals surface area contributed by atoms with E-state index >= 15 is 0 Å². The normalized spacial score (nSPS) is 13.4. The van der Waals surface area contributed by atoms with E-state index in [1.807, 2.05) is 26.0 Å². The second-order valence-electron chi connectivity index (χ2n) is 14.1. The van der Waals surface area contributed by atoms with Crippen molar-refractivity contribution in [3.63, 3.8) is 0 Å². The lowest BCUT2D eigenvalue weighted by atomic mass is 10.1. The topological polar surface area (TPSA) is 276 Å². The Morgan fingerprint density at radius 3 is 2.18 bits per heavy atom. The third-order valence-corrected chi connectivity index (χ3v) is 10.0. The zero-order chi connectivity index (χ0) is 42.7. The molecule has 6 aromatic rings. The fourth-order valence-electron chi connectivity index (χ4n) is 7.00. The zero-order valence-corrected chi connectivity index (χ0v) is 33.8. The maximum Gasteiger partial charge on any atom is 0.278 e. The van der Waals surface area contributed by atoms with Crippen LogP contribution in [0.4, 0.5) is 17.6 Å². The van der Waals surface area contributed by atoms with Gasteiger partial charge < -0.3 is 31.2 Å². The van der Waals surface area contributed by atoms with E-state index in [9.17, 15) is 19.2 Å². The number of ether oxygens (including phenoxy) is 2. The molecule has 1 aliphatic rings. The first-order valence-electron chi connectivity index (χ1n) is 19.4. The van der Waals surface area contributed by atoms with E-state index in [2.05, 4.69) is 35.7 Å². The minimum Gasteiger partial charge on any atom is -0.490 e. The van der Waals surface area contributed by atoms with Gasteiger partial charge in [0.25, 0.3) is 11.8 Å². The molecule has 0 bridgehead atoms. The van der Waals surface area contributed by atoms with Crippen LogP contribution in [-0.4, -0.2) is 112 Å². The number of hydrogen-bond acceptors (Lipinski definition) is 13. The second kappa shape index (κ2) is 17.4. The van der Waals surface area contributed by atoms with Gasteiger partial charge in [-0.25, -0.2) is 15.0 Å². The lowest BCUT2D eigenvalue weighted by Crippen LogP contribution is -2.38. The molecule has 1 saturated heterocycles. The van der Waals surface area contributed by atoms with Crippen LogP contribution >= 0.6 is 0 Å². The van der Waals surface area contributed by atoms with E-state index < -0.39 is 23.6 Å². The average Bonchev–Trinajstić information content (AvgIpc) is 3.97. The number of anilines is 3. The summed E-state index contributed by atoms with van der Waals surface area (Å²) < 4.78 is 18.3. The SMILES string of the molecule is CCn1nc(C)cc1C(=O)Nc1nc2cc(C(N)=O)cc(OCCN3CCOCC3)c2n1C/C=C/Cn1c(NC(=O)c2c(N)c(C)nn2CC)nc2cc(C(N)=O)cnc21. The molecule has 5 aromatic heterocycles. The van der Waals surface area contributed by atoms with Crippen molar-refractivity contribution in [1.29, 1.82) is 0 Å². The van der Waals surface area contributed by atoms with Crippen molar-refractivity contribution < 1.29 is 28.7 Å². The second-order valence-corrected chi connectivity index (χ2v) is 14.1. The van der Waals surface area contributed by atoms with Crippen LogP contribution in [0.1, 0.15) is 66.9 Å². The highest BCUT2D eigenvalue weighted by molar-refractivity contribution is 6.07. The van der Waals surface area contributed by atoms with Gasteiger partial charge in [0.2, 0.25) is 23.7 Å². The predicted octanol–water partition coefficient (Wildman–Crippen LogP) is 2.08. The van der Waals surface area contributed by atoms with Gasteiger partial charge in [0.15, 0.2) is 5.65 Å². The molecule has 7 rings (SSSR count). The molecule has 4 amide bonds. The molecule has 8 N–H and O–H groups in total. The fraction of sp³-hybridized carbons (Fsp3) is 0.359. The number of fused-ring (bicyclic) bond motifs is 2. The number of rotatable bonds is 16. The van der Waals surface area contributed by atoms with Gasteiger partial charge in [0.1, 0.15) is 34.8 Å². The number of aromatic nitrogens is 9. The van der Waals surface area contributed by atoms with Crippen LogP contribution in [0.2, 0.25) is 0 Å². The lowest BCUT2D eigenvalue weighted by molar-refractivity contribution is 0.0323. The molecule has 21 nitrogen and oxygen atoms in total. The Morgan fingerprint density at radius 2 is 1.48 bits per heavy atom. The summed E-state index contributed by atoms with van der Waals surface area (Å²) in [5.74, 6) is -1.65. The van der Waals surface area contributed by atoms with Crippen molar-refractivity contribution in [1.82, 2.24) is 48.5 Å². The molecule has 314 valence electrons. The summed E-state index contributed by atoms with van der Waals surface area (Å²) in [6.45, 7) is 12.1. The molecule has 6 heterocycles. The number of nitrogens with one attached hydrogen (secondary N) is 2. The number of benzene rings is 1. The van der Waals surface area contributed by atoms with Crippen molar-refractivity contribution in [3.8, 4) is 5.75 Å². The molecule has 1 aliphatic heterocycles. The van der Waals surface area contributed by atoms with Gasteiger partial charge in [-0.2, -0.15) is 10.2 Å². The quantitative estimate of drug-likeness (QED) is 0.0876. The molecule has 0 radical (unpaired) electrons. The van der Waals surface area contributed by atoms with Crippen molar-refractivity contribution >= 4 is 63.4 Å². The molecule has 0 saturated carbocycles. The molecule has 1 fully saturated rings. The maximum absolute atomic E-state index is 13.8. The van der Waals surface area contributed by atoms with Crippen LogP contribution in [0, 0.1) is 13.8 Å². The van der Waals surface area contributed by atoms with Gasteiger partial charge in [-0.1, -0.05) is 12.2 Å². The summed E-state index contributed by atoms with van der Waals surface area (Å²) in [7, 11) is 0. The predicted molar refractivity (Wildman–Crippen MR) is 222 cm³/mol. The fourth-order valence-corrected chi connectivity index (χ4v) is 7.00. The molecule has 0 spiro atoms. The Morgan fingerprint density at radius 1 is 0.833 bits per heavy atom. The molecule has 0 atom stereocenters. The number of morpholine rings is 1. The van der Waals surface area contributed by atoms with Crippen molar-refractivity contribution in [2.24, 2.45) is 11.5 Å².